The van der Waals surface area contributed by atoms with Gasteiger partial charge in [0.25, 0.3) is 0 Å². The lowest BCUT2D eigenvalue weighted by atomic mass is 10.2. The summed E-state index contributed by atoms with van der Waals surface area (Å²) in [6, 6.07) is 5.94. The number of pyridine rings is 1. The number of likely N-dealkylation sites (N-methyl/N-ethyl adjacent to an activating group) is 1. The van der Waals surface area contributed by atoms with Gasteiger partial charge < -0.3 is 10.2 Å². The molecule has 0 aromatic carbocycles. The first kappa shape index (κ1) is 9.46. The van der Waals surface area contributed by atoms with Crippen molar-refractivity contribution in [2.24, 2.45) is 0 Å². The molecule has 1 aliphatic rings. The van der Waals surface area contributed by atoms with Crippen LogP contribution in [0.3, 0.4) is 0 Å². The van der Waals surface area contributed by atoms with E-state index in [1.807, 2.05) is 24.4 Å². The quantitative estimate of drug-likeness (QED) is 0.783. The van der Waals surface area contributed by atoms with E-state index >= 15 is 0 Å². The molecule has 0 saturated heterocycles. The second-order valence-corrected chi connectivity index (χ2v) is 4.19. The minimum Gasteiger partial charge on any atom is -0.368 e. The molecule has 1 aromatic rings. The smallest absolute Gasteiger partial charge is 0.125 e. The van der Waals surface area contributed by atoms with Crippen LogP contribution in [0.2, 0.25) is 0 Å². The molecule has 76 valence electrons. The average Bonchev–Trinajstić information content (AvgIpc) is 2.97. The summed E-state index contributed by atoms with van der Waals surface area (Å²) in [5.41, 5.74) is 0.386. The zero-order chi connectivity index (χ0) is 10.0. The zero-order valence-corrected chi connectivity index (χ0v) is 8.83. The summed E-state index contributed by atoms with van der Waals surface area (Å²) >= 11 is 0. The van der Waals surface area contributed by atoms with E-state index in [0.29, 0.717) is 5.54 Å². The first-order valence-electron chi connectivity index (χ1n) is 5.05. The Labute approximate surface area is 85.1 Å². The predicted molar refractivity (Wildman–Crippen MR) is 58.4 cm³/mol. The molecule has 0 unspecified atom stereocenters. The Balaban J connectivity index is 1.89. The highest BCUT2D eigenvalue weighted by Gasteiger charge is 2.44. The van der Waals surface area contributed by atoms with E-state index in [2.05, 4.69) is 29.3 Å². The molecule has 3 heteroatoms. The normalized spacial score (nSPS) is 18.2. The van der Waals surface area contributed by atoms with E-state index in [0.717, 1.165) is 12.4 Å². The summed E-state index contributed by atoms with van der Waals surface area (Å²) < 4.78 is 0. The Morgan fingerprint density at radius 3 is 2.71 bits per heavy atom. The van der Waals surface area contributed by atoms with Crippen molar-refractivity contribution in [2.75, 3.05) is 26.0 Å². The topological polar surface area (TPSA) is 28.2 Å². The highest BCUT2D eigenvalue weighted by atomic mass is 15.2. The third-order valence-electron chi connectivity index (χ3n) is 3.04. The van der Waals surface area contributed by atoms with Gasteiger partial charge in [0.05, 0.1) is 0 Å². The standard InChI is InChI=1S/C11H17N3/c1-14(2)11(6-7-11)9-13-10-5-3-4-8-12-10/h3-5,8H,6-7,9H2,1-2H3,(H,12,13). The Kier molecular flexibility index (Phi) is 2.42. The second kappa shape index (κ2) is 3.58. The van der Waals surface area contributed by atoms with Crippen LogP contribution >= 0.6 is 0 Å². The molecular formula is C11H17N3. The number of nitrogens with one attached hydrogen (secondary N) is 1. The summed E-state index contributed by atoms with van der Waals surface area (Å²) in [4.78, 5) is 6.55. The van der Waals surface area contributed by atoms with E-state index in [1.54, 1.807) is 0 Å². The molecule has 0 spiro atoms. The number of nitrogens with zero attached hydrogens (tertiary/aromatic N) is 2. The molecule has 1 fully saturated rings. The maximum absolute atomic E-state index is 4.24. The van der Waals surface area contributed by atoms with Gasteiger partial charge >= 0.3 is 0 Å². The fourth-order valence-electron chi connectivity index (χ4n) is 1.65. The van der Waals surface area contributed by atoms with E-state index in [1.165, 1.54) is 12.8 Å². The van der Waals surface area contributed by atoms with Gasteiger partial charge in [0.2, 0.25) is 0 Å². The molecule has 1 aromatic heterocycles. The maximum atomic E-state index is 4.24. The number of rotatable bonds is 4. The van der Waals surface area contributed by atoms with Crippen LogP contribution in [0.5, 0.6) is 0 Å². The van der Waals surface area contributed by atoms with Crippen LogP contribution in [0, 0.1) is 0 Å². The Morgan fingerprint density at radius 2 is 2.21 bits per heavy atom. The third kappa shape index (κ3) is 1.87. The Morgan fingerprint density at radius 1 is 1.43 bits per heavy atom. The summed E-state index contributed by atoms with van der Waals surface area (Å²) in [5, 5.41) is 3.38. The van der Waals surface area contributed by atoms with Gasteiger partial charge in [0.15, 0.2) is 0 Å². The molecule has 1 saturated carbocycles. The lowest BCUT2D eigenvalue weighted by molar-refractivity contribution is 0.284. The summed E-state index contributed by atoms with van der Waals surface area (Å²) in [6.45, 7) is 0.997. The van der Waals surface area contributed by atoms with Gasteiger partial charge in [-0.15, -0.1) is 0 Å². The third-order valence-corrected chi connectivity index (χ3v) is 3.04. The van der Waals surface area contributed by atoms with Gasteiger partial charge in [-0.3, -0.25) is 0 Å². The van der Waals surface area contributed by atoms with Gasteiger partial charge in [-0.25, -0.2) is 4.98 Å². The molecule has 0 aliphatic heterocycles. The van der Waals surface area contributed by atoms with Crippen LogP contribution in [-0.4, -0.2) is 36.1 Å². The Hall–Kier alpha value is -1.09. The average molecular weight is 191 g/mol. The predicted octanol–water partition coefficient (Wildman–Crippen LogP) is 1.59. The fraction of sp³-hybridized carbons (Fsp3) is 0.545. The molecule has 1 heterocycles. The molecule has 14 heavy (non-hydrogen) atoms. The molecule has 0 bridgehead atoms. The number of anilines is 1. The lowest BCUT2D eigenvalue weighted by Gasteiger charge is -2.24. The van der Waals surface area contributed by atoms with Crippen molar-refractivity contribution in [3.63, 3.8) is 0 Å². The van der Waals surface area contributed by atoms with Crippen LogP contribution in [-0.2, 0) is 0 Å². The van der Waals surface area contributed by atoms with Crippen LogP contribution < -0.4 is 5.32 Å². The number of hydrogen-bond acceptors (Lipinski definition) is 3. The summed E-state index contributed by atoms with van der Waals surface area (Å²) in [5.74, 6) is 0.973. The van der Waals surface area contributed by atoms with E-state index in [-0.39, 0.29) is 0 Å². The number of aromatic nitrogens is 1. The monoisotopic (exact) mass is 191 g/mol. The van der Waals surface area contributed by atoms with Crippen molar-refractivity contribution in [3.8, 4) is 0 Å². The van der Waals surface area contributed by atoms with E-state index in [4.69, 9.17) is 0 Å². The highest BCUT2D eigenvalue weighted by molar-refractivity contribution is 5.34. The van der Waals surface area contributed by atoms with Gasteiger partial charge in [-0.2, -0.15) is 0 Å². The molecule has 1 N–H and O–H groups in total. The lowest BCUT2D eigenvalue weighted by Crippen LogP contribution is -2.36. The molecule has 0 radical (unpaired) electrons. The second-order valence-electron chi connectivity index (χ2n) is 4.19. The van der Waals surface area contributed by atoms with E-state index in [9.17, 15) is 0 Å². The molecule has 3 nitrogen and oxygen atoms in total. The molecular weight excluding hydrogens is 174 g/mol. The van der Waals surface area contributed by atoms with Crippen molar-refractivity contribution in [1.82, 2.24) is 9.88 Å². The minimum atomic E-state index is 0.386. The Bertz CT molecular complexity index is 291. The van der Waals surface area contributed by atoms with Gasteiger partial charge in [-0.1, -0.05) is 6.07 Å². The van der Waals surface area contributed by atoms with Crippen LogP contribution in [0.4, 0.5) is 5.82 Å². The van der Waals surface area contributed by atoms with Crippen molar-refractivity contribution >= 4 is 5.82 Å². The van der Waals surface area contributed by atoms with Gasteiger partial charge in [0, 0.05) is 18.3 Å². The van der Waals surface area contributed by atoms with Crippen molar-refractivity contribution in [1.29, 1.82) is 0 Å². The SMILES string of the molecule is CN(C)C1(CNc2ccccn2)CC1. The van der Waals surface area contributed by atoms with Crippen molar-refractivity contribution in [2.45, 2.75) is 18.4 Å². The fourth-order valence-corrected chi connectivity index (χ4v) is 1.65. The largest absolute Gasteiger partial charge is 0.368 e. The van der Waals surface area contributed by atoms with Crippen LogP contribution in [0.15, 0.2) is 24.4 Å². The van der Waals surface area contributed by atoms with Crippen molar-refractivity contribution in [3.05, 3.63) is 24.4 Å². The van der Waals surface area contributed by atoms with Crippen molar-refractivity contribution < 1.29 is 0 Å². The van der Waals surface area contributed by atoms with Gasteiger partial charge in [-0.05, 0) is 39.1 Å². The van der Waals surface area contributed by atoms with Crippen LogP contribution in [0.1, 0.15) is 12.8 Å². The molecule has 2 rings (SSSR count). The number of hydrogen-bond donors (Lipinski definition) is 1. The summed E-state index contributed by atoms with van der Waals surface area (Å²) in [6.07, 6.45) is 4.40. The van der Waals surface area contributed by atoms with E-state index < -0.39 is 0 Å². The molecule has 0 atom stereocenters. The zero-order valence-electron chi connectivity index (χ0n) is 8.83. The molecule has 0 amide bonds. The molecule has 1 aliphatic carbocycles. The minimum absolute atomic E-state index is 0.386. The first-order valence-corrected chi connectivity index (χ1v) is 5.05. The highest BCUT2D eigenvalue weighted by Crippen LogP contribution is 2.39. The van der Waals surface area contributed by atoms with Crippen LogP contribution in [0.25, 0.3) is 0 Å². The maximum Gasteiger partial charge on any atom is 0.125 e. The first-order chi connectivity index (χ1) is 6.73. The van der Waals surface area contributed by atoms with Gasteiger partial charge in [0.1, 0.15) is 5.82 Å². The summed E-state index contributed by atoms with van der Waals surface area (Å²) in [7, 11) is 4.29.